The van der Waals surface area contributed by atoms with Crippen LogP contribution in [0, 0.1) is 17.8 Å². The highest BCUT2D eigenvalue weighted by Gasteiger charge is 2.23. The molecule has 0 bridgehead atoms. The van der Waals surface area contributed by atoms with Gasteiger partial charge in [-0.1, -0.05) is 34.6 Å². The molecule has 0 fully saturated rings. The highest BCUT2D eigenvalue weighted by molar-refractivity contribution is 7.10. The third-order valence-corrected chi connectivity index (χ3v) is 5.26. The van der Waals surface area contributed by atoms with Gasteiger partial charge >= 0.3 is 0 Å². The molecule has 0 aliphatic rings. The number of rotatable bonds is 5. The van der Waals surface area contributed by atoms with E-state index in [1.54, 1.807) is 11.3 Å². The summed E-state index contributed by atoms with van der Waals surface area (Å²) in [5, 5.41) is 3.50. The van der Waals surface area contributed by atoms with E-state index in [9.17, 15) is 0 Å². The molecule has 0 aliphatic carbocycles. The summed E-state index contributed by atoms with van der Waals surface area (Å²) >= 11 is 3.58. The number of hydrogen-bond acceptors (Lipinski definition) is 4. The van der Waals surface area contributed by atoms with Crippen LogP contribution in [-0.4, -0.2) is 9.97 Å². The molecule has 0 saturated heterocycles. The van der Waals surface area contributed by atoms with E-state index in [2.05, 4.69) is 51.9 Å². The second kappa shape index (κ2) is 6.17. The smallest absolute Gasteiger partial charge is 0.0933 e. The average molecular weight is 323 g/mol. The maximum atomic E-state index is 4.84. The Labute approximate surface area is 136 Å². The lowest BCUT2D eigenvalue weighted by Gasteiger charge is -2.23. The lowest BCUT2D eigenvalue weighted by atomic mass is 9.84. The molecule has 0 atom stereocenters. The molecule has 4 heteroatoms. The fraction of sp³-hybridized carbons (Fsp3) is 0.647. The minimum Gasteiger partial charge on any atom is -0.250 e. The Morgan fingerprint density at radius 2 is 1.71 bits per heavy atom. The zero-order valence-electron chi connectivity index (χ0n) is 14.0. The van der Waals surface area contributed by atoms with Gasteiger partial charge in [-0.25, -0.2) is 9.97 Å². The van der Waals surface area contributed by atoms with Crippen LogP contribution in [0.25, 0.3) is 0 Å². The van der Waals surface area contributed by atoms with Crippen molar-refractivity contribution in [3.63, 3.8) is 0 Å². The van der Waals surface area contributed by atoms with Gasteiger partial charge in [0.25, 0.3) is 0 Å². The summed E-state index contributed by atoms with van der Waals surface area (Å²) < 4.78 is 0. The van der Waals surface area contributed by atoms with E-state index in [1.807, 2.05) is 16.8 Å². The molecule has 0 unspecified atom stereocenters. The van der Waals surface area contributed by atoms with Gasteiger partial charge in [-0.15, -0.1) is 22.7 Å². The Kier molecular flexibility index (Phi) is 4.89. The molecule has 0 amide bonds. The van der Waals surface area contributed by atoms with Crippen LogP contribution < -0.4 is 0 Å². The molecule has 0 spiro atoms. The molecule has 0 aliphatic heterocycles. The van der Waals surface area contributed by atoms with Gasteiger partial charge < -0.3 is 0 Å². The molecule has 0 aromatic carbocycles. The fourth-order valence-electron chi connectivity index (χ4n) is 2.45. The molecular weight excluding hydrogens is 296 g/mol. The van der Waals surface area contributed by atoms with Gasteiger partial charge in [0.1, 0.15) is 0 Å². The van der Waals surface area contributed by atoms with Crippen LogP contribution in [-0.2, 0) is 19.3 Å². The summed E-state index contributed by atoms with van der Waals surface area (Å²) in [7, 11) is 0. The van der Waals surface area contributed by atoms with Crippen molar-refractivity contribution in [2.45, 2.75) is 60.8 Å². The van der Waals surface area contributed by atoms with E-state index in [0.717, 1.165) is 19.3 Å². The molecule has 21 heavy (non-hydrogen) atoms. The van der Waals surface area contributed by atoms with Crippen molar-refractivity contribution >= 4 is 22.7 Å². The van der Waals surface area contributed by atoms with Crippen LogP contribution in [0.4, 0.5) is 0 Å². The normalized spacial score (nSPS) is 12.9. The second-order valence-electron chi connectivity index (χ2n) is 7.85. The number of aryl methyl sites for hydroxylation is 1. The third kappa shape index (κ3) is 5.19. The summed E-state index contributed by atoms with van der Waals surface area (Å²) in [4.78, 5) is 10.6. The lowest BCUT2D eigenvalue weighted by Crippen LogP contribution is -2.18. The summed E-state index contributed by atoms with van der Waals surface area (Å²) in [6.07, 6.45) is 3.17. The molecule has 0 N–H and O–H groups in total. The van der Waals surface area contributed by atoms with Gasteiger partial charge in [-0.2, -0.15) is 0 Å². The lowest BCUT2D eigenvalue weighted by molar-refractivity contribution is 0.358. The van der Waals surface area contributed by atoms with Crippen LogP contribution >= 0.6 is 22.7 Å². The van der Waals surface area contributed by atoms with Crippen LogP contribution in [0.1, 0.15) is 55.9 Å². The van der Waals surface area contributed by atoms with E-state index >= 15 is 0 Å². The van der Waals surface area contributed by atoms with Gasteiger partial charge in [0.2, 0.25) is 0 Å². The van der Waals surface area contributed by atoms with Gasteiger partial charge in [0, 0.05) is 16.7 Å². The van der Waals surface area contributed by atoms with Crippen LogP contribution in [0.5, 0.6) is 0 Å². The van der Waals surface area contributed by atoms with Crippen LogP contribution in [0.2, 0.25) is 0 Å². The number of nitrogens with zero attached hydrogens (tertiary/aromatic N) is 2. The summed E-state index contributed by atoms with van der Waals surface area (Å²) in [5.41, 5.74) is 4.91. The SMILES string of the molecule is Cc1ncsc1CC(C)(C)Cc1csc(CC(C)(C)C)n1. The van der Waals surface area contributed by atoms with Crippen molar-refractivity contribution in [3.8, 4) is 0 Å². The Morgan fingerprint density at radius 3 is 2.29 bits per heavy atom. The van der Waals surface area contributed by atoms with E-state index in [1.165, 1.54) is 21.3 Å². The Morgan fingerprint density at radius 1 is 1.00 bits per heavy atom. The quantitative estimate of drug-likeness (QED) is 0.745. The first kappa shape index (κ1) is 16.6. The molecule has 116 valence electrons. The van der Waals surface area contributed by atoms with E-state index in [-0.39, 0.29) is 5.41 Å². The van der Waals surface area contributed by atoms with Crippen LogP contribution in [0.3, 0.4) is 0 Å². The summed E-state index contributed by atoms with van der Waals surface area (Å²) in [6, 6.07) is 0. The first-order valence-electron chi connectivity index (χ1n) is 7.47. The minimum atomic E-state index is 0.227. The standard InChI is InChI=1S/C17H26N2S2/c1-12-14(21-11-18-12)8-17(5,6)7-13-10-20-15(19-13)9-16(2,3)4/h10-11H,7-9H2,1-6H3. The first-order chi connectivity index (χ1) is 9.65. The summed E-state index contributed by atoms with van der Waals surface area (Å²) in [6.45, 7) is 13.6. The molecule has 2 aromatic heterocycles. The monoisotopic (exact) mass is 322 g/mol. The maximum absolute atomic E-state index is 4.84. The largest absolute Gasteiger partial charge is 0.250 e. The van der Waals surface area contributed by atoms with Gasteiger partial charge in [0.15, 0.2) is 0 Å². The van der Waals surface area contributed by atoms with Crippen molar-refractivity contribution in [1.29, 1.82) is 0 Å². The van der Waals surface area contributed by atoms with Gasteiger partial charge in [-0.3, -0.25) is 0 Å². The molecule has 2 heterocycles. The van der Waals surface area contributed by atoms with Gasteiger partial charge in [0.05, 0.1) is 21.9 Å². The Balaban J connectivity index is 2.01. The zero-order valence-corrected chi connectivity index (χ0v) is 15.6. The van der Waals surface area contributed by atoms with Crippen molar-refractivity contribution in [2.24, 2.45) is 10.8 Å². The highest BCUT2D eigenvalue weighted by atomic mass is 32.1. The fourth-order valence-corrected chi connectivity index (χ4v) is 4.58. The van der Waals surface area contributed by atoms with Crippen molar-refractivity contribution < 1.29 is 0 Å². The molecule has 2 aromatic rings. The Bertz CT molecular complexity index is 588. The van der Waals surface area contributed by atoms with Gasteiger partial charge in [-0.05, 0) is 30.6 Å². The number of hydrogen-bond donors (Lipinski definition) is 0. The molecule has 2 nitrogen and oxygen atoms in total. The maximum Gasteiger partial charge on any atom is 0.0933 e. The summed E-state index contributed by atoms with van der Waals surface area (Å²) in [5.74, 6) is 0. The predicted octanol–water partition coefficient (Wildman–Crippen LogP) is 5.31. The number of thiazole rings is 2. The molecule has 2 rings (SSSR count). The van der Waals surface area contributed by atoms with Crippen molar-refractivity contribution in [1.82, 2.24) is 9.97 Å². The minimum absolute atomic E-state index is 0.227. The first-order valence-corrected chi connectivity index (χ1v) is 9.23. The molecule has 0 radical (unpaired) electrons. The van der Waals surface area contributed by atoms with Crippen molar-refractivity contribution in [2.75, 3.05) is 0 Å². The predicted molar refractivity (Wildman–Crippen MR) is 93.3 cm³/mol. The Hall–Kier alpha value is -0.740. The van der Waals surface area contributed by atoms with E-state index in [4.69, 9.17) is 4.98 Å². The topological polar surface area (TPSA) is 25.8 Å². The van der Waals surface area contributed by atoms with E-state index in [0.29, 0.717) is 5.41 Å². The van der Waals surface area contributed by atoms with E-state index < -0.39 is 0 Å². The van der Waals surface area contributed by atoms with Crippen molar-refractivity contribution in [3.05, 3.63) is 32.2 Å². The van der Waals surface area contributed by atoms with Crippen LogP contribution in [0.15, 0.2) is 10.9 Å². The number of aromatic nitrogens is 2. The zero-order chi connectivity index (χ0) is 15.7. The molecule has 0 saturated carbocycles. The molecular formula is C17H26N2S2. The average Bonchev–Trinajstić information content (AvgIpc) is 2.86. The highest BCUT2D eigenvalue weighted by Crippen LogP contribution is 2.31. The third-order valence-electron chi connectivity index (χ3n) is 3.42. The second-order valence-corrected chi connectivity index (χ2v) is 9.73.